The van der Waals surface area contributed by atoms with E-state index in [2.05, 4.69) is 5.32 Å². The maximum Gasteiger partial charge on any atom is 0.256 e. The smallest absolute Gasteiger partial charge is 0.256 e. The molecule has 106 valence electrons. The molecule has 1 aliphatic rings. The van der Waals surface area contributed by atoms with Gasteiger partial charge in [0.1, 0.15) is 11.6 Å². The normalized spacial score (nSPS) is 18.6. The van der Waals surface area contributed by atoms with Crippen LogP contribution in [0.25, 0.3) is 0 Å². The molecule has 1 heterocycles. The van der Waals surface area contributed by atoms with Crippen LogP contribution in [0, 0.1) is 11.6 Å². The maximum absolute atomic E-state index is 13.5. The molecule has 0 unspecified atom stereocenters. The number of carbonyl (C=O) groups is 1. The van der Waals surface area contributed by atoms with E-state index < -0.39 is 17.5 Å². The third-order valence-corrected chi connectivity index (χ3v) is 3.30. The number of halogens is 3. The first-order valence-corrected chi connectivity index (χ1v) is 6.02. The van der Waals surface area contributed by atoms with Crippen LogP contribution in [0.1, 0.15) is 23.2 Å². The lowest BCUT2D eigenvalue weighted by Crippen LogP contribution is -2.46. The lowest BCUT2D eigenvalue weighted by Gasteiger charge is -2.31. The molecule has 0 spiro atoms. The first kappa shape index (κ1) is 15.9. The van der Waals surface area contributed by atoms with Crippen molar-refractivity contribution < 1.29 is 13.6 Å². The summed E-state index contributed by atoms with van der Waals surface area (Å²) in [5, 5.41) is 3.19. The first-order valence-electron chi connectivity index (χ1n) is 6.02. The summed E-state index contributed by atoms with van der Waals surface area (Å²) in [5.74, 6) is -1.76. The first-order chi connectivity index (χ1) is 8.59. The molecule has 1 atom stereocenters. The Morgan fingerprint density at radius 1 is 1.42 bits per heavy atom. The van der Waals surface area contributed by atoms with E-state index >= 15 is 0 Å². The van der Waals surface area contributed by atoms with E-state index in [0.717, 1.165) is 37.6 Å². The van der Waals surface area contributed by atoms with E-state index in [1.807, 2.05) is 0 Å². The SMILES string of the molecule is CN(C(=O)c1cc(F)ccc1F)[C@H]1CCCNC1.Cl. The van der Waals surface area contributed by atoms with E-state index in [0.29, 0.717) is 6.54 Å². The largest absolute Gasteiger partial charge is 0.337 e. The number of amides is 1. The molecular weight excluding hydrogens is 274 g/mol. The number of likely N-dealkylation sites (N-methyl/N-ethyl adjacent to an activating group) is 1. The van der Waals surface area contributed by atoms with Gasteiger partial charge in [0.05, 0.1) is 5.56 Å². The summed E-state index contributed by atoms with van der Waals surface area (Å²) in [6, 6.07) is 2.97. The lowest BCUT2D eigenvalue weighted by atomic mass is 10.0. The number of benzene rings is 1. The summed E-state index contributed by atoms with van der Waals surface area (Å²) in [6.45, 7) is 1.63. The van der Waals surface area contributed by atoms with Crippen LogP contribution in [0.4, 0.5) is 8.78 Å². The zero-order valence-electron chi connectivity index (χ0n) is 10.7. The third kappa shape index (κ3) is 3.64. The van der Waals surface area contributed by atoms with Gasteiger partial charge in [0, 0.05) is 19.6 Å². The number of nitrogens with zero attached hydrogens (tertiary/aromatic N) is 1. The van der Waals surface area contributed by atoms with E-state index in [1.54, 1.807) is 7.05 Å². The topological polar surface area (TPSA) is 32.3 Å². The van der Waals surface area contributed by atoms with Crippen molar-refractivity contribution >= 4 is 18.3 Å². The van der Waals surface area contributed by atoms with Crippen molar-refractivity contribution in [3.05, 3.63) is 35.4 Å². The Bertz CT molecular complexity index is 450. The predicted molar refractivity (Wildman–Crippen MR) is 71.6 cm³/mol. The van der Waals surface area contributed by atoms with Gasteiger partial charge in [0.25, 0.3) is 5.91 Å². The van der Waals surface area contributed by atoms with Crippen molar-refractivity contribution in [3.63, 3.8) is 0 Å². The van der Waals surface area contributed by atoms with Gasteiger partial charge in [-0.1, -0.05) is 0 Å². The average Bonchev–Trinajstić information content (AvgIpc) is 2.41. The van der Waals surface area contributed by atoms with Crippen molar-refractivity contribution in [3.8, 4) is 0 Å². The Kier molecular flexibility index (Phi) is 5.69. The molecule has 1 aliphatic heterocycles. The highest BCUT2D eigenvalue weighted by atomic mass is 35.5. The Morgan fingerprint density at radius 3 is 2.79 bits per heavy atom. The zero-order chi connectivity index (χ0) is 13.1. The second kappa shape index (κ2) is 6.82. The molecular formula is C13H17ClF2N2O. The van der Waals surface area contributed by atoms with Crippen molar-refractivity contribution in [2.24, 2.45) is 0 Å². The lowest BCUT2D eigenvalue weighted by molar-refractivity contribution is 0.0703. The summed E-state index contributed by atoms with van der Waals surface area (Å²) >= 11 is 0. The zero-order valence-corrected chi connectivity index (χ0v) is 11.5. The van der Waals surface area contributed by atoms with Crippen molar-refractivity contribution in [1.82, 2.24) is 10.2 Å². The van der Waals surface area contributed by atoms with E-state index in [9.17, 15) is 13.6 Å². The van der Waals surface area contributed by atoms with Gasteiger partial charge < -0.3 is 10.2 Å². The van der Waals surface area contributed by atoms with E-state index in [1.165, 1.54) is 4.90 Å². The van der Waals surface area contributed by atoms with E-state index in [-0.39, 0.29) is 24.0 Å². The molecule has 1 N–H and O–H groups in total. The number of piperidine rings is 1. The highest BCUT2D eigenvalue weighted by Crippen LogP contribution is 2.16. The molecule has 0 aromatic heterocycles. The quantitative estimate of drug-likeness (QED) is 0.906. The van der Waals surface area contributed by atoms with Crippen LogP contribution in [0.5, 0.6) is 0 Å². The molecule has 0 radical (unpaired) electrons. The number of rotatable bonds is 2. The predicted octanol–water partition coefficient (Wildman–Crippen LogP) is 2.21. The van der Waals surface area contributed by atoms with Crippen molar-refractivity contribution in [2.45, 2.75) is 18.9 Å². The fourth-order valence-corrected chi connectivity index (χ4v) is 2.18. The number of hydrogen-bond acceptors (Lipinski definition) is 2. The van der Waals surface area contributed by atoms with E-state index in [4.69, 9.17) is 0 Å². The minimum Gasteiger partial charge on any atom is -0.337 e. The molecule has 6 heteroatoms. The third-order valence-electron chi connectivity index (χ3n) is 3.30. The van der Waals surface area contributed by atoms with Crippen LogP contribution in [-0.4, -0.2) is 37.0 Å². The summed E-state index contributed by atoms with van der Waals surface area (Å²) in [7, 11) is 1.63. The van der Waals surface area contributed by atoms with Crippen LogP contribution < -0.4 is 5.32 Å². The Hall–Kier alpha value is -1.20. The van der Waals surface area contributed by atoms with Gasteiger partial charge in [-0.2, -0.15) is 0 Å². The molecule has 0 bridgehead atoms. The summed E-state index contributed by atoms with van der Waals surface area (Å²) < 4.78 is 26.6. The fourth-order valence-electron chi connectivity index (χ4n) is 2.18. The number of carbonyl (C=O) groups excluding carboxylic acids is 1. The Labute approximate surface area is 117 Å². The van der Waals surface area contributed by atoms with Crippen LogP contribution >= 0.6 is 12.4 Å². The van der Waals surface area contributed by atoms with Crippen molar-refractivity contribution in [1.29, 1.82) is 0 Å². The molecule has 1 aromatic rings. The molecule has 2 rings (SSSR count). The van der Waals surface area contributed by atoms with Gasteiger partial charge in [-0.05, 0) is 37.6 Å². The number of hydrogen-bond donors (Lipinski definition) is 1. The molecule has 1 saturated heterocycles. The monoisotopic (exact) mass is 290 g/mol. The summed E-state index contributed by atoms with van der Waals surface area (Å²) in [5.41, 5.74) is -0.205. The summed E-state index contributed by atoms with van der Waals surface area (Å²) in [4.78, 5) is 13.6. The second-order valence-corrected chi connectivity index (χ2v) is 4.54. The molecule has 3 nitrogen and oxygen atoms in total. The van der Waals surface area contributed by atoms with Gasteiger partial charge in [-0.3, -0.25) is 4.79 Å². The van der Waals surface area contributed by atoms with Crippen LogP contribution in [-0.2, 0) is 0 Å². The standard InChI is InChI=1S/C13H16F2N2O.ClH/c1-17(10-3-2-6-16-8-10)13(18)11-7-9(14)4-5-12(11)15;/h4-5,7,10,16H,2-3,6,8H2,1H3;1H/t10-;/m0./s1. The average molecular weight is 291 g/mol. The number of nitrogens with one attached hydrogen (secondary N) is 1. The highest BCUT2D eigenvalue weighted by Gasteiger charge is 2.24. The van der Waals surface area contributed by atoms with Crippen molar-refractivity contribution in [2.75, 3.05) is 20.1 Å². The minimum absolute atomic E-state index is 0. The van der Waals surface area contributed by atoms with Gasteiger partial charge in [-0.15, -0.1) is 12.4 Å². The van der Waals surface area contributed by atoms with Crippen LogP contribution in [0.2, 0.25) is 0 Å². The van der Waals surface area contributed by atoms with Gasteiger partial charge >= 0.3 is 0 Å². The van der Waals surface area contributed by atoms with Crippen LogP contribution in [0.15, 0.2) is 18.2 Å². The molecule has 1 aromatic carbocycles. The minimum atomic E-state index is -0.683. The molecule has 1 fully saturated rings. The van der Waals surface area contributed by atoms with Gasteiger partial charge in [0.2, 0.25) is 0 Å². The molecule has 0 aliphatic carbocycles. The molecule has 1 amide bonds. The van der Waals surface area contributed by atoms with Crippen LogP contribution in [0.3, 0.4) is 0 Å². The molecule has 19 heavy (non-hydrogen) atoms. The summed E-state index contributed by atoms with van der Waals surface area (Å²) in [6.07, 6.45) is 1.86. The molecule has 0 saturated carbocycles. The maximum atomic E-state index is 13.5. The highest BCUT2D eigenvalue weighted by molar-refractivity contribution is 5.94. The van der Waals surface area contributed by atoms with Gasteiger partial charge in [-0.25, -0.2) is 8.78 Å². The van der Waals surface area contributed by atoms with Gasteiger partial charge in [0.15, 0.2) is 0 Å². The Balaban J connectivity index is 0.00000180. The second-order valence-electron chi connectivity index (χ2n) is 4.54. The fraction of sp³-hybridized carbons (Fsp3) is 0.462. The Morgan fingerprint density at radius 2 is 2.16 bits per heavy atom.